The first-order valence-electron chi connectivity index (χ1n) is 5.98. The van der Waals surface area contributed by atoms with Gasteiger partial charge in [-0.1, -0.05) is 15.9 Å². The molecule has 1 aliphatic rings. The number of hydrogen-bond acceptors (Lipinski definition) is 2. The first-order valence-corrected chi connectivity index (χ1v) is 6.78. The van der Waals surface area contributed by atoms with Crippen molar-refractivity contribution in [3.05, 3.63) is 28.2 Å². The summed E-state index contributed by atoms with van der Waals surface area (Å²) >= 11 is 3.16. The average Bonchev–Trinajstić information content (AvgIpc) is 2.71. The molecule has 110 valence electrons. The zero-order valence-corrected chi connectivity index (χ0v) is 12.3. The van der Waals surface area contributed by atoms with Gasteiger partial charge in [-0.05, 0) is 31.5 Å². The highest BCUT2D eigenvalue weighted by Crippen LogP contribution is 2.41. The Morgan fingerprint density at radius 1 is 1.45 bits per heavy atom. The molecule has 2 rings (SSSR count). The standard InChI is InChI=1S/C13H13BrF3NO2/c1-12(11(19)20)4-5-18(7-12)10-6-8(14)2-3-9(10)13(15,16)17/h2-3,6H,4-5,7H2,1H3,(H,19,20). The van der Waals surface area contributed by atoms with Gasteiger partial charge in [0.2, 0.25) is 0 Å². The van der Waals surface area contributed by atoms with Crippen LogP contribution in [0.15, 0.2) is 22.7 Å². The lowest BCUT2D eigenvalue weighted by Crippen LogP contribution is -2.32. The maximum absolute atomic E-state index is 13.0. The van der Waals surface area contributed by atoms with E-state index in [4.69, 9.17) is 5.11 Å². The van der Waals surface area contributed by atoms with Gasteiger partial charge < -0.3 is 10.0 Å². The molecule has 1 N–H and O–H groups in total. The number of hydrogen-bond donors (Lipinski definition) is 1. The van der Waals surface area contributed by atoms with Crippen LogP contribution in [-0.2, 0) is 11.0 Å². The van der Waals surface area contributed by atoms with Crippen LogP contribution in [0.2, 0.25) is 0 Å². The van der Waals surface area contributed by atoms with Crippen molar-refractivity contribution in [1.82, 2.24) is 0 Å². The maximum Gasteiger partial charge on any atom is 0.418 e. The Morgan fingerprint density at radius 2 is 2.10 bits per heavy atom. The smallest absolute Gasteiger partial charge is 0.418 e. The predicted octanol–water partition coefficient (Wildman–Crippen LogP) is 3.77. The summed E-state index contributed by atoms with van der Waals surface area (Å²) in [6, 6.07) is 3.73. The molecule has 0 amide bonds. The number of carboxylic acids is 1. The van der Waals surface area contributed by atoms with Crippen molar-refractivity contribution in [3.8, 4) is 0 Å². The second-order valence-electron chi connectivity index (χ2n) is 5.20. The molecular weight excluding hydrogens is 339 g/mol. The molecule has 0 aromatic heterocycles. The minimum absolute atomic E-state index is 0.0249. The minimum Gasteiger partial charge on any atom is -0.481 e. The number of carbonyl (C=O) groups is 1. The van der Waals surface area contributed by atoms with E-state index in [9.17, 15) is 18.0 Å². The molecule has 0 radical (unpaired) electrons. The normalized spacial score (nSPS) is 23.1. The molecule has 1 aromatic rings. The summed E-state index contributed by atoms with van der Waals surface area (Å²) in [6.45, 7) is 1.92. The fourth-order valence-corrected chi connectivity index (χ4v) is 2.70. The van der Waals surface area contributed by atoms with Crippen LogP contribution >= 0.6 is 15.9 Å². The number of aliphatic carboxylic acids is 1. The number of benzene rings is 1. The molecule has 1 unspecified atom stereocenters. The summed E-state index contributed by atoms with van der Waals surface area (Å²) in [6.07, 6.45) is -4.13. The van der Waals surface area contributed by atoms with Gasteiger partial charge in [-0.2, -0.15) is 13.2 Å². The summed E-state index contributed by atoms with van der Waals surface area (Å²) in [5, 5.41) is 9.16. The van der Waals surface area contributed by atoms with E-state index in [1.807, 2.05) is 0 Å². The van der Waals surface area contributed by atoms with Crippen molar-refractivity contribution < 1.29 is 23.1 Å². The largest absolute Gasteiger partial charge is 0.481 e. The third-order valence-corrected chi connectivity index (χ3v) is 4.09. The van der Waals surface area contributed by atoms with Crippen molar-refractivity contribution in [2.24, 2.45) is 5.41 Å². The number of halogens is 4. The Morgan fingerprint density at radius 3 is 2.60 bits per heavy atom. The fourth-order valence-electron chi connectivity index (χ4n) is 2.35. The molecular formula is C13H13BrF3NO2. The fraction of sp³-hybridized carbons (Fsp3) is 0.462. The highest BCUT2D eigenvalue weighted by Gasteiger charge is 2.43. The van der Waals surface area contributed by atoms with E-state index in [0.29, 0.717) is 17.4 Å². The van der Waals surface area contributed by atoms with E-state index < -0.39 is 23.1 Å². The van der Waals surface area contributed by atoms with Gasteiger partial charge in [0, 0.05) is 17.6 Å². The summed E-state index contributed by atoms with van der Waals surface area (Å²) in [5.41, 5.74) is -1.72. The van der Waals surface area contributed by atoms with E-state index in [1.165, 1.54) is 17.0 Å². The number of anilines is 1. The van der Waals surface area contributed by atoms with Gasteiger partial charge in [-0.25, -0.2) is 0 Å². The number of rotatable bonds is 2. The quantitative estimate of drug-likeness (QED) is 0.881. The maximum atomic E-state index is 13.0. The van der Waals surface area contributed by atoms with Crippen molar-refractivity contribution in [1.29, 1.82) is 0 Å². The first-order chi connectivity index (χ1) is 9.13. The van der Waals surface area contributed by atoms with Crippen LogP contribution in [-0.4, -0.2) is 24.2 Å². The lowest BCUT2D eigenvalue weighted by atomic mass is 9.90. The second-order valence-corrected chi connectivity index (χ2v) is 6.11. The average molecular weight is 352 g/mol. The minimum atomic E-state index is -4.46. The molecule has 0 spiro atoms. The van der Waals surface area contributed by atoms with E-state index >= 15 is 0 Å². The molecule has 0 aliphatic carbocycles. The van der Waals surface area contributed by atoms with Gasteiger partial charge in [0.15, 0.2) is 0 Å². The van der Waals surface area contributed by atoms with Gasteiger partial charge in [-0.3, -0.25) is 4.79 Å². The second kappa shape index (κ2) is 4.95. The predicted molar refractivity (Wildman–Crippen MR) is 71.7 cm³/mol. The monoisotopic (exact) mass is 351 g/mol. The molecule has 0 bridgehead atoms. The number of nitrogens with zero attached hydrogens (tertiary/aromatic N) is 1. The SMILES string of the molecule is CC1(C(=O)O)CCN(c2cc(Br)ccc2C(F)(F)F)C1. The molecule has 20 heavy (non-hydrogen) atoms. The molecule has 1 saturated heterocycles. The summed E-state index contributed by atoms with van der Waals surface area (Å²) in [7, 11) is 0. The molecule has 1 aromatic carbocycles. The Labute approximate surface area is 122 Å². The molecule has 3 nitrogen and oxygen atoms in total. The topological polar surface area (TPSA) is 40.5 Å². The Bertz CT molecular complexity index is 547. The van der Waals surface area contributed by atoms with E-state index in [0.717, 1.165) is 6.07 Å². The van der Waals surface area contributed by atoms with Crippen LogP contribution in [0.1, 0.15) is 18.9 Å². The van der Waals surface area contributed by atoms with Crippen molar-refractivity contribution >= 4 is 27.6 Å². The number of alkyl halides is 3. The Hall–Kier alpha value is -1.24. The van der Waals surface area contributed by atoms with Gasteiger partial charge >= 0.3 is 12.1 Å². The molecule has 7 heteroatoms. The van der Waals surface area contributed by atoms with Gasteiger partial charge in [0.1, 0.15) is 0 Å². The highest BCUT2D eigenvalue weighted by atomic mass is 79.9. The van der Waals surface area contributed by atoms with E-state index in [1.54, 1.807) is 6.92 Å². The third-order valence-electron chi connectivity index (χ3n) is 3.60. The van der Waals surface area contributed by atoms with Crippen LogP contribution in [0.4, 0.5) is 18.9 Å². The molecule has 0 saturated carbocycles. The van der Waals surface area contributed by atoms with Crippen LogP contribution in [0.3, 0.4) is 0 Å². The van der Waals surface area contributed by atoms with Gasteiger partial charge in [0.05, 0.1) is 16.7 Å². The van der Waals surface area contributed by atoms with Crippen LogP contribution in [0, 0.1) is 5.41 Å². The van der Waals surface area contributed by atoms with E-state index in [-0.39, 0.29) is 12.2 Å². The van der Waals surface area contributed by atoms with Crippen molar-refractivity contribution in [2.75, 3.05) is 18.0 Å². The number of carboxylic acid groups (broad SMARTS) is 1. The van der Waals surface area contributed by atoms with Gasteiger partial charge in [0.25, 0.3) is 0 Å². The summed E-state index contributed by atoms with van der Waals surface area (Å²) in [4.78, 5) is 12.7. The molecule has 1 fully saturated rings. The Balaban J connectivity index is 2.39. The summed E-state index contributed by atoms with van der Waals surface area (Å²) < 4.78 is 39.6. The van der Waals surface area contributed by atoms with Crippen LogP contribution in [0.5, 0.6) is 0 Å². The zero-order valence-electron chi connectivity index (χ0n) is 10.7. The van der Waals surface area contributed by atoms with Crippen molar-refractivity contribution in [2.45, 2.75) is 19.5 Å². The molecule has 1 atom stereocenters. The van der Waals surface area contributed by atoms with Crippen molar-refractivity contribution in [3.63, 3.8) is 0 Å². The lowest BCUT2D eigenvalue weighted by Gasteiger charge is -2.25. The first kappa shape index (κ1) is 15.2. The lowest BCUT2D eigenvalue weighted by molar-refractivity contribution is -0.146. The Kier molecular flexibility index (Phi) is 3.75. The van der Waals surface area contributed by atoms with Crippen LogP contribution < -0.4 is 4.90 Å². The third kappa shape index (κ3) is 2.77. The summed E-state index contributed by atoms with van der Waals surface area (Å²) in [5.74, 6) is -0.983. The van der Waals surface area contributed by atoms with E-state index in [2.05, 4.69) is 15.9 Å². The van der Waals surface area contributed by atoms with Crippen LogP contribution in [0.25, 0.3) is 0 Å². The molecule has 1 aliphatic heterocycles. The highest BCUT2D eigenvalue weighted by molar-refractivity contribution is 9.10. The zero-order chi connectivity index (χ0) is 15.1. The molecule has 1 heterocycles. The van der Waals surface area contributed by atoms with Gasteiger partial charge in [-0.15, -0.1) is 0 Å².